The molecule has 4 amide bonds. The summed E-state index contributed by atoms with van der Waals surface area (Å²) in [7, 11) is 0. The summed E-state index contributed by atoms with van der Waals surface area (Å²) >= 11 is 6.21. The molecular formula is C29H39ClN4O6. The van der Waals surface area contributed by atoms with Gasteiger partial charge in [0.15, 0.2) is 0 Å². The van der Waals surface area contributed by atoms with E-state index in [0.717, 1.165) is 17.5 Å². The Morgan fingerprint density at radius 1 is 0.875 bits per heavy atom. The zero-order chi connectivity index (χ0) is 29.8. The Kier molecular flexibility index (Phi) is 12.3. The van der Waals surface area contributed by atoms with Gasteiger partial charge in [-0.05, 0) is 69.9 Å². The number of halogens is 1. The number of carbonyl (C=O) groups excluding carboxylic acids is 4. The van der Waals surface area contributed by atoms with Crippen LogP contribution in [0.25, 0.3) is 0 Å². The van der Waals surface area contributed by atoms with E-state index in [1.807, 2.05) is 25.1 Å². The second-order valence-corrected chi connectivity index (χ2v) is 10.9. The lowest BCUT2D eigenvalue weighted by molar-refractivity contribution is -0.133. The highest BCUT2D eigenvalue weighted by molar-refractivity contribution is 6.31. The van der Waals surface area contributed by atoms with E-state index in [-0.39, 0.29) is 38.6 Å². The minimum Gasteiger partial charge on any atom is -0.448 e. The number of aryl methyl sites for hydroxylation is 1. The zero-order valence-electron chi connectivity index (χ0n) is 23.7. The van der Waals surface area contributed by atoms with Crippen molar-refractivity contribution in [2.75, 3.05) is 25.0 Å². The average Bonchev–Trinajstić information content (AvgIpc) is 2.89. The van der Waals surface area contributed by atoms with Crippen molar-refractivity contribution in [3.8, 4) is 0 Å². The number of ether oxygens (including phenoxy) is 2. The Hall–Kier alpha value is -3.79. The molecule has 218 valence electrons. The SMILES string of the molecule is CCc1ccc(NC(=O)OCC(C)(CCNC(=O)CNC(=O)OC(C)(C)C)C(=O)NCc2ccccc2Cl)cc1. The summed E-state index contributed by atoms with van der Waals surface area (Å²) in [5.74, 6) is -0.840. The van der Waals surface area contributed by atoms with E-state index in [1.165, 1.54) is 0 Å². The Labute approximate surface area is 240 Å². The molecular weight excluding hydrogens is 536 g/mol. The second kappa shape index (κ2) is 15.1. The molecule has 40 heavy (non-hydrogen) atoms. The van der Waals surface area contributed by atoms with Gasteiger partial charge in [0.1, 0.15) is 12.2 Å². The molecule has 1 unspecified atom stereocenters. The second-order valence-electron chi connectivity index (χ2n) is 10.5. The predicted molar refractivity (Wildman–Crippen MR) is 154 cm³/mol. The number of rotatable bonds is 12. The van der Waals surface area contributed by atoms with Crippen LogP contribution in [0.4, 0.5) is 15.3 Å². The highest BCUT2D eigenvalue weighted by Gasteiger charge is 2.35. The van der Waals surface area contributed by atoms with Gasteiger partial charge in [0.25, 0.3) is 0 Å². The van der Waals surface area contributed by atoms with Crippen molar-refractivity contribution in [2.45, 2.75) is 59.6 Å². The first kappa shape index (κ1) is 32.4. The fraction of sp³-hybridized carbons (Fsp3) is 0.448. The molecule has 0 aliphatic heterocycles. The van der Waals surface area contributed by atoms with Gasteiger partial charge in [-0.1, -0.05) is 48.9 Å². The van der Waals surface area contributed by atoms with Crippen LogP contribution in [-0.4, -0.2) is 49.3 Å². The van der Waals surface area contributed by atoms with Crippen LogP contribution in [0, 0.1) is 5.41 Å². The normalized spacial score (nSPS) is 12.4. The van der Waals surface area contributed by atoms with Crippen LogP contribution in [0.5, 0.6) is 0 Å². The standard InChI is InChI=1S/C29H39ClN4O6/c1-6-20-11-13-22(14-12-20)34-27(38)39-19-29(5,25(36)32-17-21-9-7-8-10-23(21)30)15-16-31-24(35)18-33-26(37)40-28(2,3)4/h7-14H,6,15-19H2,1-5H3,(H,31,35)(H,32,36)(H,33,37)(H,34,38). The van der Waals surface area contributed by atoms with Crippen LogP contribution in [0.1, 0.15) is 52.2 Å². The number of carbonyl (C=O) groups is 4. The maximum atomic E-state index is 13.3. The summed E-state index contributed by atoms with van der Waals surface area (Å²) in [6, 6.07) is 14.5. The van der Waals surface area contributed by atoms with Crippen LogP contribution < -0.4 is 21.3 Å². The van der Waals surface area contributed by atoms with E-state index in [4.69, 9.17) is 21.1 Å². The van der Waals surface area contributed by atoms with Crippen LogP contribution >= 0.6 is 11.6 Å². The molecule has 10 nitrogen and oxygen atoms in total. The third-order valence-electron chi connectivity index (χ3n) is 5.87. The lowest BCUT2D eigenvalue weighted by atomic mass is 9.86. The fourth-order valence-corrected chi connectivity index (χ4v) is 3.69. The predicted octanol–water partition coefficient (Wildman–Crippen LogP) is 4.80. The van der Waals surface area contributed by atoms with Crippen LogP contribution in [-0.2, 0) is 32.0 Å². The van der Waals surface area contributed by atoms with Gasteiger partial charge in [0, 0.05) is 23.8 Å². The van der Waals surface area contributed by atoms with Crippen molar-refractivity contribution in [1.29, 1.82) is 0 Å². The zero-order valence-corrected chi connectivity index (χ0v) is 24.4. The van der Waals surface area contributed by atoms with Crippen molar-refractivity contribution in [2.24, 2.45) is 5.41 Å². The molecule has 4 N–H and O–H groups in total. The topological polar surface area (TPSA) is 135 Å². The first-order valence-electron chi connectivity index (χ1n) is 13.1. The maximum Gasteiger partial charge on any atom is 0.411 e. The summed E-state index contributed by atoms with van der Waals surface area (Å²) in [4.78, 5) is 49.8. The van der Waals surface area contributed by atoms with Gasteiger partial charge in [-0.15, -0.1) is 0 Å². The van der Waals surface area contributed by atoms with E-state index in [9.17, 15) is 19.2 Å². The molecule has 1 atom stereocenters. The highest BCUT2D eigenvalue weighted by atomic mass is 35.5. The monoisotopic (exact) mass is 574 g/mol. The van der Waals surface area contributed by atoms with Crippen LogP contribution in [0.3, 0.4) is 0 Å². The number of alkyl carbamates (subject to hydrolysis) is 1. The quantitative estimate of drug-likeness (QED) is 0.287. The number of anilines is 1. The van der Waals surface area contributed by atoms with E-state index in [1.54, 1.807) is 58.0 Å². The third kappa shape index (κ3) is 11.5. The van der Waals surface area contributed by atoms with Crippen molar-refractivity contribution in [1.82, 2.24) is 16.0 Å². The molecule has 0 radical (unpaired) electrons. The average molecular weight is 575 g/mol. The highest BCUT2D eigenvalue weighted by Crippen LogP contribution is 2.24. The summed E-state index contributed by atoms with van der Waals surface area (Å²) in [6.45, 7) is 8.56. The van der Waals surface area contributed by atoms with Gasteiger partial charge in [0.05, 0.1) is 12.0 Å². The molecule has 0 saturated heterocycles. The number of hydrogen-bond acceptors (Lipinski definition) is 6. The minimum absolute atomic E-state index is 0.0916. The molecule has 0 bridgehead atoms. The lowest BCUT2D eigenvalue weighted by Gasteiger charge is -2.28. The molecule has 2 aromatic carbocycles. The van der Waals surface area contributed by atoms with Crippen molar-refractivity contribution >= 4 is 41.3 Å². The van der Waals surface area contributed by atoms with Crippen LogP contribution in [0.15, 0.2) is 48.5 Å². The first-order valence-corrected chi connectivity index (χ1v) is 13.5. The molecule has 11 heteroatoms. The lowest BCUT2D eigenvalue weighted by Crippen LogP contribution is -2.45. The molecule has 0 fully saturated rings. The molecule has 0 heterocycles. The van der Waals surface area contributed by atoms with E-state index < -0.39 is 29.1 Å². The Bertz CT molecular complexity index is 1170. The summed E-state index contributed by atoms with van der Waals surface area (Å²) in [5.41, 5.74) is 0.555. The number of hydrogen-bond donors (Lipinski definition) is 4. The molecule has 0 aliphatic rings. The molecule has 2 rings (SSSR count). The largest absolute Gasteiger partial charge is 0.448 e. The minimum atomic E-state index is -1.18. The van der Waals surface area contributed by atoms with Crippen molar-refractivity contribution in [3.05, 3.63) is 64.7 Å². The van der Waals surface area contributed by atoms with Gasteiger partial charge in [-0.3, -0.25) is 14.9 Å². The van der Waals surface area contributed by atoms with E-state index in [0.29, 0.717) is 10.7 Å². The number of benzene rings is 2. The summed E-state index contributed by atoms with van der Waals surface area (Å²) in [5, 5.41) is 11.1. The van der Waals surface area contributed by atoms with Crippen LogP contribution in [0.2, 0.25) is 5.02 Å². The molecule has 0 saturated carbocycles. The number of nitrogens with one attached hydrogen (secondary N) is 4. The smallest absolute Gasteiger partial charge is 0.411 e. The Morgan fingerprint density at radius 2 is 1.55 bits per heavy atom. The summed E-state index contributed by atoms with van der Waals surface area (Å²) in [6.07, 6.45) is -0.395. The molecule has 0 aromatic heterocycles. The Morgan fingerprint density at radius 3 is 2.17 bits per heavy atom. The number of amides is 4. The van der Waals surface area contributed by atoms with Crippen molar-refractivity contribution in [3.63, 3.8) is 0 Å². The molecule has 0 spiro atoms. The Balaban J connectivity index is 1.98. The van der Waals surface area contributed by atoms with Crippen molar-refractivity contribution < 1.29 is 28.7 Å². The van der Waals surface area contributed by atoms with E-state index >= 15 is 0 Å². The van der Waals surface area contributed by atoms with Gasteiger partial charge in [-0.2, -0.15) is 0 Å². The summed E-state index contributed by atoms with van der Waals surface area (Å²) < 4.78 is 10.5. The maximum absolute atomic E-state index is 13.3. The van der Waals surface area contributed by atoms with Gasteiger partial charge < -0.3 is 25.4 Å². The molecule has 2 aromatic rings. The van der Waals surface area contributed by atoms with Gasteiger partial charge in [0.2, 0.25) is 11.8 Å². The molecule has 0 aliphatic carbocycles. The van der Waals surface area contributed by atoms with Gasteiger partial charge >= 0.3 is 12.2 Å². The van der Waals surface area contributed by atoms with Gasteiger partial charge in [-0.25, -0.2) is 9.59 Å². The first-order chi connectivity index (χ1) is 18.8. The third-order valence-corrected chi connectivity index (χ3v) is 6.24. The van der Waals surface area contributed by atoms with E-state index in [2.05, 4.69) is 21.3 Å². The fourth-order valence-electron chi connectivity index (χ4n) is 3.49.